The summed E-state index contributed by atoms with van der Waals surface area (Å²) in [5.74, 6) is 2.01. The van der Waals surface area contributed by atoms with Crippen molar-refractivity contribution >= 4 is 17.7 Å². The standard InChI is InChI=1S/C20H29N3O2S/c1-13(2)18(21)10-11-23(5)20(24)16-8-6-7-9-19(16)26-12-17-14(3)22-25-15(17)4/h6-9,13,18H,10-12,21H2,1-5H3. The van der Waals surface area contributed by atoms with Crippen LogP contribution in [0.1, 0.15) is 47.6 Å². The van der Waals surface area contributed by atoms with Crippen molar-refractivity contribution in [2.24, 2.45) is 11.7 Å². The summed E-state index contributed by atoms with van der Waals surface area (Å²) in [6, 6.07) is 7.84. The second-order valence-electron chi connectivity index (χ2n) is 7.01. The third-order valence-corrected chi connectivity index (χ3v) is 5.77. The normalized spacial score (nSPS) is 12.4. The van der Waals surface area contributed by atoms with Crippen LogP contribution in [0.5, 0.6) is 0 Å². The Balaban J connectivity index is 2.06. The van der Waals surface area contributed by atoms with E-state index in [-0.39, 0.29) is 11.9 Å². The molecule has 26 heavy (non-hydrogen) atoms. The molecule has 1 amide bonds. The minimum Gasteiger partial charge on any atom is -0.361 e. The summed E-state index contributed by atoms with van der Waals surface area (Å²) in [7, 11) is 1.84. The molecule has 5 nitrogen and oxygen atoms in total. The molecular formula is C20H29N3O2S. The first-order valence-corrected chi connectivity index (χ1v) is 9.94. The molecule has 0 saturated heterocycles. The highest BCUT2D eigenvalue weighted by molar-refractivity contribution is 7.98. The summed E-state index contributed by atoms with van der Waals surface area (Å²) < 4.78 is 5.22. The quantitative estimate of drug-likeness (QED) is 0.705. The van der Waals surface area contributed by atoms with Crippen LogP contribution in [0.15, 0.2) is 33.7 Å². The largest absolute Gasteiger partial charge is 0.361 e. The Morgan fingerprint density at radius 2 is 2.00 bits per heavy atom. The second-order valence-corrected chi connectivity index (χ2v) is 8.03. The van der Waals surface area contributed by atoms with Crippen LogP contribution in [0.25, 0.3) is 0 Å². The van der Waals surface area contributed by atoms with E-state index in [1.165, 1.54) is 0 Å². The van der Waals surface area contributed by atoms with Gasteiger partial charge in [0.2, 0.25) is 0 Å². The van der Waals surface area contributed by atoms with Crippen molar-refractivity contribution in [2.75, 3.05) is 13.6 Å². The van der Waals surface area contributed by atoms with E-state index in [0.717, 1.165) is 39.7 Å². The number of thioether (sulfide) groups is 1. The van der Waals surface area contributed by atoms with Gasteiger partial charge in [-0.1, -0.05) is 31.1 Å². The third kappa shape index (κ3) is 5.11. The molecular weight excluding hydrogens is 346 g/mol. The number of rotatable bonds is 8. The van der Waals surface area contributed by atoms with Crippen molar-refractivity contribution in [2.45, 2.75) is 50.8 Å². The minimum absolute atomic E-state index is 0.0304. The molecule has 1 aromatic carbocycles. The lowest BCUT2D eigenvalue weighted by atomic mass is 10.0. The fourth-order valence-corrected chi connectivity index (χ4v) is 3.81. The first-order chi connectivity index (χ1) is 12.3. The lowest BCUT2D eigenvalue weighted by Gasteiger charge is -2.22. The lowest BCUT2D eigenvalue weighted by molar-refractivity contribution is 0.0786. The van der Waals surface area contributed by atoms with Gasteiger partial charge in [0.15, 0.2) is 0 Å². The van der Waals surface area contributed by atoms with Gasteiger partial charge in [-0.25, -0.2) is 0 Å². The first-order valence-electron chi connectivity index (χ1n) is 8.95. The third-order valence-electron chi connectivity index (χ3n) is 4.67. The molecule has 0 spiro atoms. The maximum Gasteiger partial charge on any atom is 0.254 e. The van der Waals surface area contributed by atoms with Crippen molar-refractivity contribution in [3.05, 3.63) is 46.8 Å². The summed E-state index contributed by atoms with van der Waals surface area (Å²) in [4.78, 5) is 15.6. The van der Waals surface area contributed by atoms with Gasteiger partial charge in [0, 0.05) is 35.8 Å². The highest BCUT2D eigenvalue weighted by Crippen LogP contribution is 2.29. The smallest absolute Gasteiger partial charge is 0.254 e. The van der Waals surface area contributed by atoms with Gasteiger partial charge in [0.05, 0.1) is 11.3 Å². The van der Waals surface area contributed by atoms with Crippen molar-refractivity contribution < 1.29 is 9.32 Å². The van der Waals surface area contributed by atoms with E-state index in [9.17, 15) is 4.79 Å². The first kappa shape index (κ1) is 20.5. The van der Waals surface area contributed by atoms with E-state index in [2.05, 4.69) is 19.0 Å². The fourth-order valence-electron chi connectivity index (χ4n) is 2.61. The molecule has 142 valence electrons. The van der Waals surface area contributed by atoms with E-state index >= 15 is 0 Å². The van der Waals surface area contributed by atoms with Crippen molar-refractivity contribution in [3.8, 4) is 0 Å². The van der Waals surface area contributed by atoms with E-state index < -0.39 is 0 Å². The summed E-state index contributed by atoms with van der Waals surface area (Å²) in [5.41, 5.74) is 8.83. The van der Waals surface area contributed by atoms with Gasteiger partial charge < -0.3 is 15.2 Å². The molecule has 0 aliphatic heterocycles. The molecule has 0 bridgehead atoms. The van der Waals surface area contributed by atoms with Gasteiger partial charge in [-0.3, -0.25) is 4.79 Å². The van der Waals surface area contributed by atoms with Gasteiger partial charge in [0.1, 0.15) is 5.76 Å². The summed E-state index contributed by atoms with van der Waals surface area (Å²) in [6.07, 6.45) is 0.800. The van der Waals surface area contributed by atoms with Gasteiger partial charge in [-0.15, -0.1) is 11.8 Å². The fraction of sp³-hybridized carbons (Fsp3) is 0.500. The van der Waals surface area contributed by atoms with Crippen LogP contribution in [-0.4, -0.2) is 35.6 Å². The Hall–Kier alpha value is -1.79. The number of nitrogens with zero attached hydrogens (tertiary/aromatic N) is 2. The van der Waals surface area contributed by atoms with Crippen LogP contribution in [-0.2, 0) is 5.75 Å². The maximum atomic E-state index is 12.9. The van der Waals surface area contributed by atoms with E-state index in [0.29, 0.717) is 12.5 Å². The van der Waals surface area contributed by atoms with Crippen molar-refractivity contribution in [3.63, 3.8) is 0 Å². The molecule has 0 aliphatic carbocycles. The molecule has 0 radical (unpaired) electrons. The van der Waals surface area contributed by atoms with Crippen LogP contribution < -0.4 is 5.73 Å². The van der Waals surface area contributed by atoms with E-state index in [1.807, 2.05) is 45.2 Å². The van der Waals surface area contributed by atoms with Gasteiger partial charge >= 0.3 is 0 Å². The second kappa shape index (κ2) is 9.24. The molecule has 2 rings (SSSR count). The number of aromatic nitrogens is 1. The molecule has 1 heterocycles. The van der Waals surface area contributed by atoms with Crippen LogP contribution in [0.3, 0.4) is 0 Å². The number of nitrogens with two attached hydrogens (primary N) is 1. The van der Waals surface area contributed by atoms with E-state index in [1.54, 1.807) is 16.7 Å². The highest BCUT2D eigenvalue weighted by atomic mass is 32.2. The zero-order valence-electron chi connectivity index (χ0n) is 16.3. The Bertz CT molecular complexity index is 723. The molecule has 2 aromatic rings. The molecule has 0 saturated carbocycles. The summed E-state index contributed by atoms with van der Waals surface area (Å²) in [5, 5.41) is 3.99. The lowest BCUT2D eigenvalue weighted by Crippen LogP contribution is -2.34. The number of hydrogen-bond acceptors (Lipinski definition) is 5. The van der Waals surface area contributed by atoms with Crippen LogP contribution in [0, 0.1) is 19.8 Å². The predicted octanol–water partition coefficient (Wildman–Crippen LogP) is 4.03. The van der Waals surface area contributed by atoms with Gasteiger partial charge in [0.25, 0.3) is 5.91 Å². The average Bonchev–Trinajstić information content (AvgIpc) is 2.95. The maximum absolute atomic E-state index is 12.9. The number of hydrogen-bond donors (Lipinski definition) is 1. The zero-order valence-corrected chi connectivity index (χ0v) is 17.1. The Kier molecular flexibility index (Phi) is 7.29. The molecule has 1 unspecified atom stereocenters. The predicted molar refractivity (Wildman–Crippen MR) is 106 cm³/mol. The van der Waals surface area contributed by atoms with Crippen LogP contribution >= 0.6 is 11.8 Å². The summed E-state index contributed by atoms with van der Waals surface area (Å²) >= 11 is 1.64. The number of carbonyl (C=O) groups excluding carboxylic acids is 1. The van der Waals surface area contributed by atoms with Crippen LogP contribution in [0.2, 0.25) is 0 Å². The average molecular weight is 376 g/mol. The van der Waals surface area contributed by atoms with Crippen molar-refractivity contribution in [1.29, 1.82) is 0 Å². The molecule has 0 aliphatic rings. The Morgan fingerprint density at radius 3 is 2.62 bits per heavy atom. The molecule has 1 aromatic heterocycles. The van der Waals surface area contributed by atoms with Gasteiger partial charge in [-0.2, -0.15) is 0 Å². The Morgan fingerprint density at radius 1 is 1.31 bits per heavy atom. The molecule has 6 heteroatoms. The molecule has 1 atom stereocenters. The van der Waals surface area contributed by atoms with Crippen LogP contribution in [0.4, 0.5) is 0 Å². The number of carbonyl (C=O) groups is 1. The monoisotopic (exact) mass is 375 g/mol. The highest BCUT2D eigenvalue weighted by Gasteiger charge is 2.18. The molecule has 2 N–H and O–H groups in total. The number of aryl methyl sites for hydroxylation is 2. The van der Waals surface area contributed by atoms with Gasteiger partial charge in [-0.05, 0) is 38.3 Å². The Labute approximate surface area is 160 Å². The minimum atomic E-state index is 0.0304. The zero-order chi connectivity index (χ0) is 19.3. The summed E-state index contributed by atoms with van der Waals surface area (Å²) in [6.45, 7) is 8.72. The molecule has 0 fully saturated rings. The number of benzene rings is 1. The van der Waals surface area contributed by atoms with E-state index in [4.69, 9.17) is 10.3 Å². The SMILES string of the molecule is Cc1noc(C)c1CSc1ccccc1C(=O)N(C)CCC(N)C(C)C. The van der Waals surface area contributed by atoms with Crippen molar-refractivity contribution in [1.82, 2.24) is 10.1 Å². The topological polar surface area (TPSA) is 72.4 Å². The number of amides is 1.